The molecule has 4 aliphatic rings. The molecule has 2 saturated heterocycles. The van der Waals surface area contributed by atoms with Gasteiger partial charge in [-0.1, -0.05) is 6.07 Å². The van der Waals surface area contributed by atoms with Crippen molar-refractivity contribution in [1.82, 2.24) is 24.6 Å². The van der Waals surface area contributed by atoms with Crippen molar-refractivity contribution in [2.75, 3.05) is 42.1 Å². The van der Waals surface area contributed by atoms with Gasteiger partial charge in [-0.15, -0.1) is 16.4 Å². The Balaban J connectivity index is 1.02. The Morgan fingerprint density at radius 2 is 1.78 bits per heavy atom. The maximum atomic E-state index is 15.3. The molecule has 2 aliphatic carbocycles. The average Bonchev–Trinajstić information content (AvgIpc) is 3.82. The van der Waals surface area contributed by atoms with E-state index >= 15 is 4.39 Å². The van der Waals surface area contributed by atoms with Crippen LogP contribution >= 0.6 is 11.3 Å². The minimum absolute atomic E-state index is 0.238. The number of rotatable bonds is 6. The standard InChI is InChI=1S/C31H35FN8S/c32-24-17-21(7-8-25(24)39-13-9-22(10-14-39)38-11-1-2-12-38)34-31-36-30(33)40(37-31)27-18-23(26-4-3-15-41-26)28-19-5-6-20(16-19)29(28)35-27/h3-4,7-8,15,17-20,22H,1-2,5-6,9-14,16H2,(H3,33,34,36,37). The van der Waals surface area contributed by atoms with Crippen molar-refractivity contribution in [2.24, 2.45) is 0 Å². The summed E-state index contributed by atoms with van der Waals surface area (Å²) in [6.07, 6.45) is 8.41. The number of halogens is 1. The number of anilines is 4. The van der Waals surface area contributed by atoms with Crippen LogP contribution in [0.25, 0.3) is 16.3 Å². The maximum Gasteiger partial charge on any atom is 0.248 e. The molecule has 2 atom stereocenters. The first-order valence-corrected chi connectivity index (χ1v) is 15.9. The first-order valence-electron chi connectivity index (χ1n) is 15.0. The zero-order valence-electron chi connectivity index (χ0n) is 23.1. The van der Waals surface area contributed by atoms with Crippen molar-refractivity contribution in [2.45, 2.75) is 62.8 Å². The Bertz CT molecular complexity index is 1570. The minimum atomic E-state index is -0.238. The fraction of sp³-hybridized carbons (Fsp3) is 0.452. The van der Waals surface area contributed by atoms with Crippen LogP contribution in [0.4, 0.5) is 27.7 Å². The van der Waals surface area contributed by atoms with Crippen molar-refractivity contribution in [3.05, 3.63) is 58.9 Å². The fourth-order valence-electron chi connectivity index (χ4n) is 7.63. The molecule has 0 amide bonds. The number of benzene rings is 1. The molecule has 1 saturated carbocycles. The Hall–Kier alpha value is -3.50. The Morgan fingerprint density at radius 1 is 0.951 bits per heavy atom. The van der Waals surface area contributed by atoms with Gasteiger partial charge in [0.15, 0.2) is 5.82 Å². The summed E-state index contributed by atoms with van der Waals surface area (Å²) < 4.78 is 16.9. The second-order valence-electron chi connectivity index (χ2n) is 12.0. The third kappa shape index (κ3) is 4.48. The average molecular weight is 571 g/mol. The van der Waals surface area contributed by atoms with E-state index in [-0.39, 0.29) is 11.8 Å². The second kappa shape index (κ2) is 10.1. The summed E-state index contributed by atoms with van der Waals surface area (Å²) in [4.78, 5) is 15.5. The number of nitrogens with one attached hydrogen (secondary N) is 1. The summed E-state index contributed by atoms with van der Waals surface area (Å²) in [6, 6.07) is 12.3. The molecule has 8 rings (SSSR count). The van der Waals surface area contributed by atoms with Crippen LogP contribution in [0, 0.1) is 5.82 Å². The maximum absolute atomic E-state index is 15.3. The van der Waals surface area contributed by atoms with Crippen molar-refractivity contribution < 1.29 is 4.39 Å². The molecule has 0 radical (unpaired) electrons. The van der Waals surface area contributed by atoms with Crippen LogP contribution in [0.1, 0.15) is 68.0 Å². The molecule has 3 aromatic heterocycles. The number of piperidine rings is 1. The van der Waals surface area contributed by atoms with Gasteiger partial charge in [0.1, 0.15) is 5.82 Å². The summed E-state index contributed by atoms with van der Waals surface area (Å²) in [7, 11) is 0. The van der Waals surface area contributed by atoms with E-state index in [1.165, 1.54) is 73.0 Å². The highest BCUT2D eigenvalue weighted by molar-refractivity contribution is 7.13. The van der Waals surface area contributed by atoms with Gasteiger partial charge >= 0.3 is 0 Å². The van der Waals surface area contributed by atoms with E-state index in [0.717, 1.165) is 25.9 Å². The SMILES string of the molecule is Nc1nc(Nc2ccc(N3CCC(N4CCCC4)CC3)c(F)c2)nn1-c1cc(-c2cccs2)c2c(n1)C1CCC2C1. The summed E-state index contributed by atoms with van der Waals surface area (Å²) in [5.41, 5.74) is 11.4. The lowest BCUT2D eigenvalue weighted by molar-refractivity contribution is 0.207. The van der Waals surface area contributed by atoms with Gasteiger partial charge in [-0.2, -0.15) is 9.67 Å². The van der Waals surface area contributed by atoms with E-state index in [0.29, 0.717) is 41.0 Å². The second-order valence-corrected chi connectivity index (χ2v) is 12.9. The van der Waals surface area contributed by atoms with Gasteiger partial charge in [-0.05, 0) is 105 Å². The summed E-state index contributed by atoms with van der Waals surface area (Å²) in [6.45, 7) is 4.20. The van der Waals surface area contributed by atoms with Crippen molar-refractivity contribution >= 4 is 34.6 Å². The van der Waals surface area contributed by atoms with E-state index in [1.807, 2.05) is 12.1 Å². The lowest BCUT2D eigenvalue weighted by atomic mass is 9.91. The number of nitrogen functional groups attached to an aromatic ring is 1. The van der Waals surface area contributed by atoms with E-state index < -0.39 is 0 Å². The number of nitrogens with zero attached hydrogens (tertiary/aromatic N) is 6. The normalized spacial score (nSPS) is 22.5. The first-order chi connectivity index (χ1) is 20.1. The molecule has 2 bridgehead atoms. The number of likely N-dealkylation sites (tertiary alicyclic amines) is 1. The van der Waals surface area contributed by atoms with Gasteiger partial charge in [-0.25, -0.2) is 9.37 Å². The molecule has 0 spiro atoms. The van der Waals surface area contributed by atoms with Crippen LogP contribution in [0.3, 0.4) is 0 Å². The van der Waals surface area contributed by atoms with Gasteiger partial charge in [0.05, 0.1) is 11.4 Å². The van der Waals surface area contributed by atoms with E-state index in [1.54, 1.807) is 16.0 Å². The summed E-state index contributed by atoms with van der Waals surface area (Å²) in [5.74, 6) is 2.10. The van der Waals surface area contributed by atoms with Crippen LogP contribution in [0.5, 0.6) is 0 Å². The Kier molecular flexibility index (Phi) is 6.21. The number of thiophene rings is 1. The number of pyridine rings is 1. The van der Waals surface area contributed by atoms with Crippen LogP contribution < -0.4 is 16.0 Å². The minimum Gasteiger partial charge on any atom is -0.369 e. The van der Waals surface area contributed by atoms with E-state index in [9.17, 15) is 0 Å². The first kappa shape index (κ1) is 25.2. The molecule has 2 unspecified atom stereocenters. The number of nitrogens with two attached hydrogens (primary N) is 1. The monoisotopic (exact) mass is 570 g/mol. The number of hydrogen-bond acceptors (Lipinski definition) is 8. The molecule has 3 fully saturated rings. The Labute approximate surface area is 243 Å². The van der Waals surface area contributed by atoms with Crippen LogP contribution in [0.2, 0.25) is 0 Å². The number of hydrogen-bond donors (Lipinski definition) is 2. The quantitative estimate of drug-likeness (QED) is 0.282. The van der Waals surface area contributed by atoms with Gasteiger partial charge in [0.2, 0.25) is 11.9 Å². The highest BCUT2D eigenvalue weighted by atomic mass is 32.1. The zero-order valence-corrected chi connectivity index (χ0v) is 23.9. The highest BCUT2D eigenvalue weighted by Gasteiger charge is 2.40. The van der Waals surface area contributed by atoms with Crippen molar-refractivity contribution in [3.63, 3.8) is 0 Å². The lowest BCUT2D eigenvalue weighted by Crippen LogP contribution is -2.44. The van der Waals surface area contributed by atoms with Gasteiger partial charge in [0, 0.05) is 41.2 Å². The van der Waals surface area contributed by atoms with Gasteiger partial charge in [-0.3, -0.25) is 0 Å². The zero-order chi connectivity index (χ0) is 27.5. The van der Waals surface area contributed by atoms with E-state index in [4.69, 9.17) is 10.7 Å². The third-order valence-corrected chi connectivity index (χ3v) is 10.5. The number of aromatic nitrogens is 4. The highest BCUT2D eigenvalue weighted by Crippen LogP contribution is 2.55. The van der Waals surface area contributed by atoms with Crippen molar-refractivity contribution in [1.29, 1.82) is 0 Å². The molecule has 212 valence electrons. The van der Waals surface area contributed by atoms with Crippen LogP contribution in [0.15, 0.2) is 41.8 Å². The fourth-order valence-corrected chi connectivity index (χ4v) is 8.39. The Morgan fingerprint density at radius 3 is 2.56 bits per heavy atom. The van der Waals surface area contributed by atoms with Crippen molar-refractivity contribution in [3.8, 4) is 16.3 Å². The lowest BCUT2D eigenvalue weighted by Gasteiger charge is -2.37. The predicted octanol–water partition coefficient (Wildman–Crippen LogP) is 6.29. The molecule has 5 heterocycles. The molecule has 3 N–H and O–H groups in total. The smallest absolute Gasteiger partial charge is 0.248 e. The molecule has 41 heavy (non-hydrogen) atoms. The van der Waals surface area contributed by atoms with Gasteiger partial charge in [0.25, 0.3) is 0 Å². The molecule has 2 aliphatic heterocycles. The molecule has 10 heteroatoms. The topological polar surface area (TPSA) is 88.1 Å². The molecular formula is C31H35FN8S. The number of fused-ring (bicyclic) bond motifs is 5. The predicted molar refractivity (Wildman–Crippen MR) is 162 cm³/mol. The van der Waals surface area contributed by atoms with E-state index in [2.05, 4.69) is 48.8 Å². The van der Waals surface area contributed by atoms with Gasteiger partial charge < -0.3 is 20.9 Å². The molecular weight excluding hydrogens is 535 g/mol. The summed E-state index contributed by atoms with van der Waals surface area (Å²) in [5, 5.41) is 9.92. The molecule has 1 aromatic carbocycles. The molecule has 4 aromatic rings. The van der Waals surface area contributed by atoms with Crippen LogP contribution in [-0.4, -0.2) is 56.9 Å². The molecule has 8 nitrogen and oxygen atoms in total. The largest absolute Gasteiger partial charge is 0.369 e. The van der Waals surface area contributed by atoms with Crippen LogP contribution in [-0.2, 0) is 0 Å². The summed E-state index contributed by atoms with van der Waals surface area (Å²) >= 11 is 1.75. The third-order valence-electron chi connectivity index (χ3n) is 9.60.